The molecule has 0 spiro atoms. The van der Waals surface area contributed by atoms with Crippen LogP contribution in [-0.4, -0.2) is 34.6 Å². The number of nitrogens with zero attached hydrogens (tertiary/aromatic N) is 2. The van der Waals surface area contributed by atoms with Gasteiger partial charge in [-0.2, -0.15) is 0 Å². The van der Waals surface area contributed by atoms with Crippen LogP contribution in [0.1, 0.15) is 5.56 Å². The van der Waals surface area contributed by atoms with Gasteiger partial charge in [0.15, 0.2) is 5.75 Å². The smallest absolute Gasteiger partial charge is 0.310 e. The molecule has 152 valence electrons. The van der Waals surface area contributed by atoms with Gasteiger partial charge in [0.2, 0.25) is 0 Å². The van der Waals surface area contributed by atoms with Crippen molar-refractivity contribution in [2.24, 2.45) is 0 Å². The number of ether oxygens (including phenoxy) is 1. The van der Waals surface area contributed by atoms with E-state index < -0.39 is 4.92 Å². The summed E-state index contributed by atoms with van der Waals surface area (Å²) in [4.78, 5) is 18.8. The number of nitro benzene ring substituents is 1. The van der Waals surface area contributed by atoms with E-state index in [9.17, 15) is 10.1 Å². The third kappa shape index (κ3) is 4.64. The number of nitrogens with one attached hydrogen (secondary N) is 2. The molecular formula is C23H22N4O3. The highest BCUT2D eigenvalue weighted by Gasteiger charge is 2.17. The highest BCUT2D eigenvalue weighted by atomic mass is 16.6. The lowest BCUT2D eigenvalue weighted by Crippen LogP contribution is -2.23. The van der Waals surface area contributed by atoms with E-state index in [4.69, 9.17) is 4.74 Å². The van der Waals surface area contributed by atoms with Gasteiger partial charge in [-0.15, -0.1) is 0 Å². The molecule has 0 saturated carbocycles. The number of H-pyrrole nitrogens is 1. The molecule has 7 heteroatoms. The monoisotopic (exact) mass is 402 g/mol. The molecule has 0 fully saturated rings. The van der Waals surface area contributed by atoms with Crippen LogP contribution in [0, 0.1) is 10.1 Å². The Morgan fingerprint density at radius 1 is 1.00 bits per heavy atom. The maximum Gasteiger partial charge on any atom is 0.310 e. The fourth-order valence-electron chi connectivity index (χ4n) is 3.25. The fourth-order valence-corrected chi connectivity index (χ4v) is 3.25. The fraction of sp³-hybridized carbons (Fsp3) is 0.174. The lowest BCUT2D eigenvalue weighted by Gasteiger charge is -2.09. The zero-order valence-corrected chi connectivity index (χ0v) is 16.4. The summed E-state index contributed by atoms with van der Waals surface area (Å²) in [7, 11) is 0. The Morgan fingerprint density at radius 2 is 1.80 bits per heavy atom. The van der Waals surface area contributed by atoms with Crippen molar-refractivity contribution in [2.75, 3.05) is 19.7 Å². The first-order valence-electron chi connectivity index (χ1n) is 9.82. The minimum Gasteiger partial charge on any atom is -0.485 e. The summed E-state index contributed by atoms with van der Waals surface area (Å²) in [6, 6.07) is 22.7. The normalized spacial score (nSPS) is 10.9. The Hall–Kier alpha value is -3.71. The number of rotatable bonds is 9. The van der Waals surface area contributed by atoms with Gasteiger partial charge >= 0.3 is 5.69 Å². The van der Waals surface area contributed by atoms with Gasteiger partial charge < -0.3 is 15.0 Å². The number of hydrogen-bond donors (Lipinski definition) is 2. The van der Waals surface area contributed by atoms with Crippen molar-refractivity contribution in [1.29, 1.82) is 0 Å². The molecule has 0 aliphatic heterocycles. The molecule has 30 heavy (non-hydrogen) atoms. The molecule has 0 unspecified atom stereocenters. The molecule has 0 atom stereocenters. The van der Waals surface area contributed by atoms with Crippen LogP contribution in [0.2, 0.25) is 0 Å². The first kappa shape index (κ1) is 19.6. The molecule has 0 amide bonds. The molecule has 1 aromatic heterocycles. The third-order valence-corrected chi connectivity index (χ3v) is 4.79. The Labute approximate surface area is 173 Å². The topological polar surface area (TPSA) is 93.1 Å². The van der Waals surface area contributed by atoms with Gasteiger partial charge in [-0.3, -0.25) is 10.1 Å². The predicted molar refractivity (Wildman–Crippen MR) is 117 cm³/mol. The van der Waals surface area contributed by atoms with Crippen LogP contribution in [0.5, 0.6) is 5.75 Å². The first-order chi connectivity index (χ1) is 14.7. The lowest BCUT2D eigenvalue weighted by molar-refractivity contribution is -0.385. The molecule has 2 N–H and O–H groups in total. The van der Waals surface area contributed by atoms with Crippen molar-refractivity contribution < 1.29 is 9.66 Å². The van der Waals surface area contributed by atoms with Crippen molar-refractivity contribution in [3.05, 3.63) is 88.5 Å². The van der Waals surface area contributed by atoms with Crippen LogP contribution in [0.15, 0.2) is 72.8 Å². The van der Waals surface area contributed by atoms with Gasteiger partial charge in [-0.05, 0) is 42.8 Å². The number of para-hydroxylation sites is 2. The summed E-state index contributed by atoms with van der Waals surface area (Å²) in [6.07, 6.45) is 0.919. The van der Waals surface area contributed by atoms with Crippen molar-refractivity contribution in [3.8, 4) is 17.1 Å². The van der Waals surface area contributed by atoms with E-state index in [0.29, 0.717) is 19.0 Å². The van der Waals surface area contributed by atoms with Crippen LogP contribution in [0.25, 0.3) is 22.4 Å². The van der Waals surface area contributed by atoms with E-state index in [2.05, 4.69) is 27.4 Å². The van der Waals surface area contributed by atoms with Gasteiger partial charge in [-0.25, -0.2) is 4.98 Å². The second kappa shape index (κ2) is 9.19. The molecule has 0 radical (unpaired) electrons. The van der Waals surface area contributed by atoms with Crippen molar-refractivity contribution >= 4 is 16.7 Å². The molecule has 3 aromatic carbocycles. The van der Waals surface area contributed by atoms with Gasteiger partial charge in [-0.1, -0.05) is 42.5 Å². The number of benzene rings is 3. The minimum absolute atomic E-state index is 0.0563. The molecule has 1 heterocycles. The van der Waals surface area contributed by atoms with E-state index >= 15 is 0 Å². The lowest BCUT2D eigenvalue weighted by atomic mass is 10.1. The number of hydrogen-bond acceptors (Lipinski definition) is 5. The van der Waals surface area contributed by atoms with E-state index in [0.717, 1.165) is 29.6 Å². The maximum atomic E-state index is 11.4. The summed E-state index contributed by atoms with van der Waals surface area (Å²) in [6.45, 7) is 1.74. The summed E-state index contributed by atoms with van der Waals surface area (Å²) in [5.41, 5.74) is 3.70. The number of fused-ring (bicyclic) bond motifs is 1. The van der Waals surface area contributed by atoms with Crippen LogP contribution in [-0.2, 0) is 6.42 Å². The van der Waals surface area contributed by atoms with Crippen LogP contribution in [0.4, 0.5) is 5.69 Å². The average molecular weight is 402 g/mol. The number of aromatic nitrogens is 2. The van der Waals surface area contributed by atoms with Gasteiger partial charge in [0.1, 0.15) is 12.4 Å². The van der Waals surface area contributed by atoms with E-state index in [1.807, 2.05) is 42.5 Å². The molecule has 7 nitrogen and oxygen atoms in total. The molecule has 0 bridgehead atoms. The first-order valence-corrected chi connectivity index (χ1v) is 9.82. The van der Waals surface area contributed by atoms with Gasteiger partial charge in [0, 0.05) is 18.2 Å². The molecule has 0 aliphatic carbocycles. The van der Waals surface area contributed by atoms with Crippen LogP contribution < -0.4 is 10.1 Å². The van der Waals surface area contributed by atoms with Crippen LogP contribution in [0.3, 0.4) is 0 Å². The second-order valence-electron chi connectivity index (χ2n) is 6.88. The van der Waals surface area contributed by atoms with Crippen molar-refractivity contribution in [2.45, 2.75) is 6.42 Å². The molecular weight excluding hydrogens is 380 g/mol. The highest BCUT2D eigenvalue weighted by Crippen LogP contribution is 2.32. The third-order valence-electron chi connectivity index (χ3n) is 4.79. The SMILES string of the molecule is O=[N+]([O-])c1ccc(-c2nc3ccccc3[nH]2)cc1OCCNCCc1ccccc1. The molecule has 0 saturated heterocycles. The van der Waals surface area contributed by atoms with E-state index in [-0.39, 0.29) is 11.4 Å². The molecule has 4 rings (SSSR count). The second-order valence-corrected chi connectivity index (χ2v) is 6.88. The Morgan fingerprint density at radius 3 is 2.60 bits per heavy atom. The summed E-state index contributed by atoms with van der Waals surface area (Å²) in [5.74, 6) is 0.889. The minimum atomic E-state index is -0.430. The quantitative estimate of drug-likeness (QED) is 0.247. The summed E-state index contributed by atoms with van der Waals surface area (Å²) >= 11 is 0. The van der Waals surface area contributed by atoms with Crippen LogP contribution >= 0.6 is 0 Å². The zero-order valence-electron chi connectivity index (χ0n) is 16.4. The van der Waals surface area contributed by atoms with Gasteiger partial charge in [0.25, 0.3) is 0 Å². The summed E-state index contributed by atoms with van der Waals surface area (Å²) in [5, 5.41) is 14.7. The number of aromatic amines is 1. The maximum absolute atomic E-state index is 11.4. The highest BCUT2D eigenvalue weighted by molar-refractivity contribution is 5.79. The number of imidazole rings is 1. The Bertz CT molecular complexity index is 1110. The van der Waals surface area contributed by atoms with Crippen molar-refractivity contribution in [1.82, 2.24) is 15.3 Å². The van der Waals surface area contributed by atoms with Crippen molar-refractivity contribution in [3.63, 3.8) is 0 Å². The predicted octanol–water partition coefficient (Wildman–Crippen LogP) is 4.35. The summed E-state index contributed by atoms with van der Waals surface area (Å²) < 4.78 is 5.74. The average Bonchev–Trinajstić information content (AvgIpc) is 3.21. The molecule has 4 aromatic rings. The largest absolute Gasteiger partial charge is 0.485 e. The standard InChI is InChI=1S/C23H22N4O3/c28-27(29)21-11-10-18(23-25-19-8-4-5-9-20(19)26-23)16-22(21)30-15-14-24-13-12-17-6-2-1-3-7-17/h1-11,16,24H,12-15H2,(H,25,26). The van der Waals surface area contributed by atoms with E-state index in [1.54, 1.807) is 12.1 Å². The van der Waals surface area contributed by atoms with E-state index in [1.165, 1.54) is 11.6 Å². The number of nitro groups is 1. The zero-order chi connectivity index (χ0) is 20.8. The van der Waals surface area contributed by atoms with Gasteiger partial charge in [0.05, 0.1) is 16.0 Å². The molecule has 0 aliphatic rings. The Balaban J connectivity index is 1.39. The Kier molecular flexibility index (Phi) is 6.01.